The molecule has 0 atom stereocenters. The molecule has 4 nitrogen and oxygen atoms in total. The second-order valence-corrected chi connectivity index (χ2v) is 6.60. The Morgan fingerprint density at radius 2 is 1.69 bits per heavy atom. The van der Waals surface area contributed by atoms with Gasteiger partial charge in [0.15, 0.2) is 0 Å². The van der Waals surface area contributed by atoms with Crippen LogP contribution in [0.3, 0.4) is 0 Å². The molecular weight excluding hydrogens is 369 g/mol. The average molecular weight is 388 g/mol. The standard InChI is InChI=1S/C20H19Cl2N3O/c1-3-24(4-2)20(26)19-13-18(16-7-5-6-8-17(16)22)23-25(19)15-11-9-14(21)10-12-15/h5-13H,3-4H2,1-2H3. The average Bonchev–Trinajstić information content (AvgIpc) is 3.08. The smallest absolute Gasteiger partial charge is 0.272 e. The largest absolute Gasteiger partial charge is 0.338 e. The molecule has 3 aromatic rings. The van der Waals surface area contributed by atoms with E-state index >= 15 is 0 Å². The fraction of sp³-hybridized carbons (Fsp3) is 0.200. The number of rotatable bonds is 5. The van der Waals surface area contributed by atoms with Gasteiger partial charge in [-0.2, -0.15) is 5.10 Å². The van der Waals surface area contributed by atoms with Gasteiger partial charge in [-0.05, 0) is 50.2 Å². The van der Waals surface area contributed by atoms with Gasteiger partial charge in [0.25, 0.3) is 5.91 Å². The van der Waals surface area contributed by atoms with E-state index in [1.165, 1.54) is 0 Å². The summed E-state index contributed by atoms with van der Waals surface area (Å²) in [6, 6.07) is 16.5. The summed E-state index contributed by atoms with van der Waals surface area (Å²) in [4.78, 5) is 14.8. The van der Waals surface area contributed by atoms with Crippen LogP contribution in [0.5, 0.6) is 0 Å². The number of halogens is 2. The van der Waals surface area contributed by atoms with E-state index in [4.69, 9.17) is 23.2 Å². The van der Waals surface area contributed by atoms with Crippen molar-refractivity contribution in [2.75, 3.05) is 13.1 Å². The van der Waals surface area contributed by atoms with Gasteiger partial charge in [0, 0.05) is 23.7 Å². The number of aromatic nitrogens is 2. The number of benzene rings is 2. The van der Waals surface area contributed by atoms with Crippen molar-refractivity contribution in [3.8, 4) is 16.9 Å². The molecule has 0 fully saturated rings. The van der Waals surface area contributed by atoms with E-state index in [0.717, 1.165) is 11.3 Å². The number of amides is 1. The minimum Gasteiger partial charge on any atom is -0.338 e. The summed E-state index contributed by atoms with van der Waals surface area (Å²) in [6.45, 7) is 5.17. The Balaban J connectivity index is 2.16. The highest BCUT2D eigenvalue weighted by Gasteiger charge is 2.21. The molecule has 0 spiro atoms. The van der Waals surface area contributed by atoms with Crippen LogP contribution in [0.25, 0.3) is 16.9 Å². The van der Waals surface area contributed by atoms with Gasteiger partial charge in [0.05, 0.1) is 16.4 Å². The van der Waals surface area contributed by atoms with Gasteiger partial charge in [-0.1, -0.05) is 41.4 Å². The Labute approximate surface area is 163 Å². The summed E-state index contributed by atoms with van der Waals surface area (Å²) in [5.74, 6) is -0.0734. The van der Waals surface area contributed by atoms with E-state index < -0.39 is 0 Å². The van der Waals surface area contributed by atoms with Crippen LogP contribution in [0.2, 0.25) is 10.0 Å². The SMILES string of the molecule is CCN(CC)C(=O)c1cc(-c2ccccc2Cl)nn1-c1ccc(Cl)cc1. The molecule has 0 aliphatic rings. The van der Waals surface area contributed by atoms with Crippen molar-refractivity contribution in [2.45, 2.75) is 13.8 Å². The summed E-state index contributed by atoms with van der Waals surface area (Å²) < 4.78 is 1.65. The Bertz CT molecular complexity index is 915. The Hall–Kier alpha value is -2.30. The van der Waals surface area contributed by atoms with E-state index in [1.54, 1.807) is 27.8 Å². The maximum Gasteiger partial charge on any atom is 0.272 e. The second kappa shape index (κ2) is 7.94. The molecule has 0 unspecified atom stereocenters. The van der Waals surface area contributed by atoms with Crippen molar-refractivity contribution < 1.29 is 4.79 Å². The van der Waals surface area contributed by atoms with Crippen LogP contribution >= 0.6 is 23.2 Å². The highest BCUT2D eigenvalue weighted by Crippen LogP contribution is 2.29. The van der Waals surface area contributed by atoms with Crippen LogP contribution in [0.1, 0.15) is 24.3 Å². The van der Waals surface area contributed by atoms with Gasteiger partial charge >= 0.3 is 0 Å². The molecular formula is C20H19Cl2N3O. The zero-order chi connectivity index (χ0) is 18.7. The van der Waals surface area contributed by atoms with E-state index in [-0.39, 0.29) is 5.91 Å². The van der Waals surface area contributed by atoms with Gasteiger partial charge in [-0.25, -0.2) is 4.68 Å². The fourth-order valence-electron chi connectivity index (χ4n) is 2.79. The van der Waals surface area contributed by atoms with Gasteiger partial charge in [-0.15, -0.1) is 0 Å². The molecule has 6 heteroatoms. The van der Waals surface area contributed by atoms with E-state index in [1.807, 2.05) is 50.2 Å². The maximum atomic E-state index is 13.0. The first kappa shape index (κ1) is 18.5. The van der Waals surface area contributed by atoms with Crippen LogP contribution in [-0.2, 0) is 0 Å². The third-order valence-electron chi connectivity index (χ3n) is 4.20. The second-order valence-electron chi connectivity index (χ2n) is 5.76. The number of carbonyl (C=O) groups is 1. The molecule has 1 heterocycles. The van der Waals surface area contributed by atoms with Crippen molar-refractivity contribution >= 4 is 29.1 Å². The quantitative estimate of drug-likeness (QED) is 0.593. The minimum atomic E-state index is -0.0734. The Morgan fingerprint density at radius 3 is 2.31 bits per heavy atom. The van der Waals surface area contributed by atoms with Gasteiger partial charge in [0.2, 0.25) is 0 Å². The van der Waals surface area contributed by atoms with Crippen molar-refractivity contribution in [3.63, 3.8) is 0 Å². The monoisotopic (exact) mass is 387 g/mol. The molecule has 0 aliphatic heterocycles. The first-order valence-electron chi connectivity index (χ1n) is 8.45. The van der Waals surface area contributed by atoms with Crippen LogP contribution in [-0.4, -0.2) is 33.7 Å². The summed E-state index contributed by atoms with van der Waals surface area (Å²) in [5, 5.41) is 5.88. The molecule has 1 amide bonds. The highest BCUT2D eigenvalue weighted by molar-refractivity contribution is 6.33. The van der Waals surface area contributed by atoms with Crippen LogP contribution in [0, 0.1) is 0 Å². The highest BCUT2D eigenvalue weighted by atomic mass is 35.5. The van der Waals surface area contributed by atoms with Crippen molar-refractivity contribution in [2.24, 2.45) is 0 Å². The molecule has 0 radical (unpaired) electrons. The minimum absolute atomic E-state index is 0.0734. The fourth-order valence-corrected chi connectivity index (χ4v) is 3.14. The molecule has 0 aliphatic carbocycles. The van der Waals surface area contributed by atoms with Crippen LogP contribution in [0.15, 0.2) is 54.6 Å². The Morgan fingerprint density at radius 1 is 1.04 bits per heavy atom. The van der Waals surface area contributed by atoms with E-state index in [9.17, 15) is 4.79 Å². The molecule has 0 saturated heterocycles. The summed E-state index contributed by atoms with van der Waals surface area (Å²) in [6.07, 6.45) is 0. The van der Waals surface area contributed by atoms with Crippen molar-refractivity contribution in [1.82, 2.24) is 14.7 Å². The topological polar surface area (TPSA) is 38.1 Å². The predicted molar refractivity (Wildman–Crippen MR) is 106 cm³/mol. The summed E-state index contributed by atoms with van der Waals surface area (Å²) in [7, 11) is 0. The molecule has 0 N–H and O–H groups in total. The van der Waals surface area contributed by atoms with Gasteiger partial charge < -0.3 is 4.90 Å². The molecule has 134 valence electrons. The first-order chi connectivity index (χ1) is 12.5. The lowest BCUT2D eigenvalue weighted by atomic mass is 10.1. The molecule has 26 heavy (non-hydrogen) atoms. The molecule has 2 aromatic carbocycles. The number of hydrogen-bond donors (Lipinski definition) is 0. The number of nitrogens with zero attached hydrogens (tertiary/aromatic N) is 3. The number of hydrogen-bond acceptors (Lipinski definition) is 2. The predicted octanol–water partition coefficient (Wildman–Crippen LogP) is 5.33. The molecule has 1 aromatic heterocycles. The van der Waals surface area contributed by atoms with Crippen molar-refractivity contribution in [1.29, 1.82) is 0 Å². The van der Waals surface area contributed by atoms with E-state index in [2.05, 4.69) is 5.10 Å². The summed E-state index contributed by atoms with van der Waals surface area (Å²) in [5.41, 5.74) is 2.70. The first-order valence-corrected chi connectivity index (χ1v) is 9.21. The lowest BCUT2D eigenvalue weighted by Crippen LogP contribution is -2.32. The normalized spacial score (nSPS) is 10.8. The Kier molecular flexibility index (Phi) is 5.64. The van der Waals surface area contributed by atoms with Crippen LogP contribution in [0.4, 0.5) is 0 Å². The number of carbonyl (C=O) groups excluding carboxylic acids is 1. The molecule has 3 rings (SSSR count). The zero-order valence-electron chi connectivity index (χ0n) is 14.6. The lowest BCUT2D eigenvalue weighted by Gasteiger charge is -2.19. The van der Waals surface area contributed by atoms with Crippen molar-refractivity contribution in [3.05, 3.63) is 70.3 Å². The third kappa shape index (κ3) is 3.62. The van der Waals surface area contributed by atoms with E-state index in [0.29, 0.717) is 34.5 Å². The molecule has 0 saturated carbocycles. The molecule has 0 bridgehead atoms. The summed E-state index contributed by atoms with van der Waals surface area (Å²) >= 11 is 12.3. The zero-order valence-corrected chi connectivity index (χ0v) is 16.1. The lowest BCUT2D eigenvalue weighted by molar-refractivity contribution is 0.0764. The van der Waals surface area contributed by atoms with Gasteiger partial charge in [-0.3, -0.25) is 4.79 Å². The third-order valence-corrected chi connectivity index (χ3v) is 4.78. The van der Waals surface area contributed by atoms with Crippen LogP contribution < -0.4 is 0 Å². The van der Waals surface area contributed by atoms with Gasteiger partial charge in [0.1, 0.15) is 5.69 Å². The maximum absolute atomic E-state index is 13.0.